The Kier molecular flexibility index (Phi) is 4.94. The molecule has 1 aliphatic rings. The summed E-state index contributed by atoms with van der Waals surface area (Å²) in [5, 5.41) is 0. The number of fused-ring (bicyclic) bond motifs is 1. The summed E-state index contributed by atoms with van der Waals surface area (Å²) in [5.41, 5.74) is 3.46. The molecule has 0 N–H and O–H groups in total. The molecule has 0 spiro atoms. The maximum Gasteiger partial charge on any atom is 0.222 e. The van der Waals surface area contributed by atoms with Crippen LogP contribution in [0.25, 0.3) is 0 Å². The monoisotopic (exact) mass is 273 g/mol. The van der Waals surface area contributed by atoms with Crippen molar-refractivity contribution in [1.29, 1.82) is 0 Å². The largest absolute Gasteiger partial charge is 0.346 e. The molecule has 0 saturated heterocycles. The average Bonchev–Trinajstić information content (AvgIpc) is 2.50. The van der Waals surface area contributed by atoms with E-state index in [4.69, 9.17) is 0 Å². The second kappa shape index (κ2) is 6.69. The SMILES string of the molecule is CCN(C)C(=O)CCC(=O)c1ccc2c(c1)CCCC2. The summed E-state index contributed by atoms with van der Waals surface area (Å²) in [4.78, 5) is 25.5. The van der Waals surface area contributed by atoms with Crippen molar-refractivity contribution >= 4 is 11.7 Å². The normalized spacial score (nSPS) is 13.7. The lowest BCUT2D eigenvalue weighted by molar-refractivity contribution is -0.129. The number of aryl methyl sites for hydroxylation is 2. The van der Waals surface area contributed by atoms with Crippen molar-refractivity contribution in [3.8, 4) is 0 Å². The van der Waals surface area contributed by atoms with Gasteiger partial charge in [-0.25, -0.2) is 0 Å². The molecular formula is C17H23NO2. The molecular weight excluding hydrogens is 250 g/mol. The first-order valence-corrected chi connectivity index (χ1v) is 7.50. The standard InChI is InChI=1S/C17H23NO2/c1-3-18(2)17(20)11-10-16(19)15-9-8-13-6-4-5-7-14(13)12-15/h8-9,12H,3-7,10-11H2,1-2H3. The Balaban J connectivity index is 1.97. The molecule has 108 valence electrons. The van der Waals surface area contributed by atoms with Crippen LogP contribution in [0.1, 0.15) is 54.1 Å². The van der Waals surface area contributed by atoms with Gasteiger partial charge in [-0.15, -0.1) is 0 Å². The topological polar surface area (TPSA) is 37.4 Å². The number of carbonyl (C=O) groups is 2. The van der Waals surface area contributed by atoms with Gasteiger partial charge in [-0.05, 0) is 49.8 Å². The Morgan fingerprint density at radius 3 is 2.50 bits per heavy atom. The smallest absolute Gasteiger partial charge is 0.222 e. The summed E-state index contributed by atoms with van der Waals surface area (Å²) in [6, 6.07) is 6.03. The number of hydrogen-bond donors (Lipinski definition) is 0. The van der Waals surface area contributed by atoms with Crippen molar-refractivity contribution in [2.45, 2.75) is 45.4 Å². The first-order chi connectivity index (χ1) is 9.61. The second-order valence-electron chi connectivity index (χ2n) is 5.52. The quantitative estimate of drug-likeness (QED) is 0.773. The fourth-order valence-corrected chi connectivity index (χ4v) is 2.64. The van der Waals surface area contributed by atoms with Gasteiger partial charge in [0.15, 0.2) is 5.78 Å². The Morgan fingerprint density at radius 2 is 1.80 bits per heavy atom. The Labute approximate surface area is 121 Å². The molecule has 3 nitrogen and oxygen atoms in total. The molecule has 1 aromatic rings. The van der Waals surface area contributed by atoms with Crippen molar-refractivity contribution in [3.05, 3.63) is 34.9 Å². The van der Waals surface area contributed by atoms with Gasteiger partial charge in [0.05, 0.1) is 0 Å². The Morgan fingerprint density at radius 1 is 1.10 bits per heavy atom. The molecule has 1 amide bonds. The van der Waals surface area contributed by atoms with Gasteiger partial charge in [0.25, 0.3) is 0 Å². The molecule has 1 aliphatic carbocycles. The molecule has 0 unspecified atom stereocenters. The van der Waals surface area contributed by atoms with Gasteiger partial charge < -0.3 is 4.90 Å². The molecule has 0 bridgehead atoms. The van der Waals surface area contributed by atoms with Crippen LogP contribution in [0.4, 0.5) is 0 Å². The number of rotatable bonds is 5. The van der Waals surface area contributed by atoms with Crippen LogP contribution in [0.5, 0.6) is 0 Å². The van der Waals surface area contributed by atoms with E-state index in [1.165, 1.54) is 24.0 Å². The van der Waals surface area contributed by atoms with Crippen LogP contribution >= 0.6 is 0 Å². The molecule has 0 radical (unpaired) electrons. The van der Waals surface area contributed by atoms with Gasteiger partial charge in [0.1, 0.15) is 0 Å². The molecule has 2 rings (SSSR count). The van der Waals surface area contributed by atoms with Crippen molar-refractivity contribution in [2.75, 3.05) is 13.6 Å². The molecule has 0 aliphatic heterocycles. The zero-order valence-electron chi connectivity index (χ0n) is 12.4. The molecule has 0 aromatic heterocycles. The fraction of sp³-hybridized carbons (Fsp3) is 0.529. The minimum Gasteiger partial charge on any atom is -0.346 e. The number of ketones is 1. The summed E-state index contributed by atoms with van der Waals surface area (Å²) < 4.78 is 0. The van der Waals surface area contributed by atoms with Crippen LogP contribution in [-0.2, 0) is 17.6 Å². The van der Waals surface area contributed by atoms with Crippen LogP contribution in [0, 0.1) is 0 Å². The zero-order valence-corrected chi connectivity index (χ0v) is 12.4. The fourth-order valence-electron chi connectivity index (χ4n) is 2.64. The molecule has 20 heavy (non-hydrogen) atoms. The highest BCUT2D eigenvalue weighted by Gasteiger charge is 2.14. The number of hydrogen-bond acceptors (Lipinski definition) is 2. The predicted octanol–water partition coefficient (Wildman–Crippen LogP) is 3.01. The van der Waals surface area contributed by atoms with E-state index in [1.54, 1.807) is 11.9 Å². The molecule has 1 aromatic carbocycles. The third-order valence-corrected chi connectivity index (χ3v) is 4.14. The van der Waals surface area contributed by atoms with Crippen molar-refractivity contribution in [3.63, 3.8) is 0 Å². The molecule has 0 atom stereocenters. The number of amides is 1. The third-order valence-electron chi connectivity index (χ3n) is 4.14. The summed E-state index contributed by atoms with van der Waals surface area (Å²) in [6.07, 6.45) is 5.28. The number of Topliss-reactive ketones (excluding diaryl/α,β-unsaturated/α-hetero) is 1. The lowest BCUT2D eigenvalue weighted by Gasteiger charge is -2.16. The van der Waals surface area contributed by atoms with E-state index in [0.29, 0.717) is 19.4 Å². The summed E-state index contributed by atoms with van der Waals surface area (Å²) in [5.74, 6) is 0.120. The molecule has 0 saturated carbocycles. The zero-order chi connectivity index (χ0) is 14.5. The van der Waals surface area contributed by atoms with E-state index >= 15 is 0 Å². The summed E-state index contributed by atoms with van der Waals surface area (Å²) in [7, 11) is 1.77. The highest BCUT2D eigenvalue weighted by Crippen LogP contribution is 2.23. The number of carbonyl (C=O) groups excluding carboxylic acids is 2. The van der Waals surface area contributed by atoms with Crippen LogP contribution in [0.15, 0.2) is 18.2 Å². The first kappa shape index (κ1) is 14.8. The first-order valence-electron chi connectivity index (χ1n) is 7.50. The summed E-state index contributed by atoms with van der Waals surface area (Å²) >= 11 is 0. The summed E-state index contributed by atoms with van der Waals surface area (Å²) in [6.45, 7) is 2.62. The Bertz CT molecular complexity index is 508. The lowest BCUT2D eigenvalue weighted by Crippen LogP contribution is -2.26. The highest BCUT2D eigenvalue weighted by molar-refractivity contribution is 5.98. The van der Waals surface area contributed by atoms with Gasteiger partial charge >= 0.3 is 0 Å². The predicted molar refractivity (Wildman–Crippen MR) is 80.0 cm³/mol. The van der Waals surface area contributed by atoms with E-state index in [9.17, 15) is 9.59 Å². The third kappa shape index (κ3) is 3.47. The van der Waals surface area contributed by atoms with Gasteiger partial charge in [-0.2, -0.15) is 0 Å². The van der Waals surface area contributed by atoms with Crippen LogP contribution in [0.3, 0.4) is 0 Å². The average molecular weight is 273 g/mol. The minimum absolute atomic E-state index is 0.0406. The van der Waals surface area contributed by atoms with Crippen molar-refractivity contribution < 1.29 is 9.59 Å². The molecule has 0 fully saturated rings. The van der Waals surface area contributed by atoms with Crippen LogP contribution < -0.4 is 0 Å². The van der Waals surface area contributed by atoms with Gasteiger partial charge in [0.2, 0.25) is 5.91 Å². The van der Waals surface area contributed by atoms with Crippen molar-refractivity contribution in [1.82, 2.24) is 4.90 Å². The molecule has 0 heterocycles. The van der Waals surface area contributed by atoms with Crippen LogP contribution in [-0.4, -0.2) is 30.2 Å². The van der Waals surface area contributed by atoms with E-state index in [0.717, 1.165) is 18.4 Å². The van der Waals surface area contributed by atoms with Crippen LogP contribution in [0.2, 0.25) is 0 Å². The van der Waals surface area contributed by atoms with Gasteiger partial charge in [0, 0.05) is 32.0 Å². The maximum absolute atomic E-state index is 12.2. The van der Waals surface area contributed by atoms with E-state index in [2.05, 4.69) is 6.07 Å². The second-order valence-corrected chi connectivity index (χ2v) is 5.52. The lowest BCUT2D eigenvalue weighted by atomic mass is 9.89. The number of nitrogens with zero attached hydrogens (tertiary/aromatic N) is 1. The van der Waals surface area contributed by atoms with E-state index in [1.807, 2.05) is 19.1 Å². The Hall–Kier alpha value is -1.64. The maximum atomic E-state index is 12.2. The van der Waals surface area contributed by atoms with Gasteiger partial charge in [-0.3, -0.25) is 9.59 Å². The molecule has 3 heteroatoms. The number of benzene rings is 1. The van der Waals surface area contributed by atoms with Crippen molar-refractivity contribution in [2.24, 2.45) is 0 Å². The minimum atomic E-state index is 0.0406. The van der Waals surface area contributed by atoms with E-state index in [-0.39, 0.29) is 11.7 Å². The van der Waals surface area contributed by atoms with Gasteiger partial charge in [-0.1, -0.05) is 12.1 Å². The highest BCUT2D eigenvalue weighted by atomic mass is 16.2. The van der Waals surface area contributed by atoms with E-state index < -0.39 is 0 Å².